The average Bonchev–Trinajstić information content (AvgIpc) is 3.30. The van der Waals surface area contributed by atoms with Crippen LogP contribution < -0.4 is 15.4 Å². The van der Waals surface area contributed by atoms with Gasteiger partial charge in [-0.1, -0.05) is 48.0 Å². The van der Waals surface area contributed by atoms with Gasteiger partial charge in [0.2, 0.25) is 0 Å². The van der Waals surface area contributed by atoms with Gasteiger partial charge in [0.1, 0.15) is 29.0 Å². The molecule has 3 aromatic carbocycles. The summed E-state index contributed by atoms with van der Waals surface area (Å²) in [6.07, 6.45) is 3.43. The lowest BCUT2D eigenvalue weighted by atomic mass is 10.00. The van der Waals surface area contributed by atoms with E-state index in [2.05, 4.69) is 15.7 Å². The van der Waals surface area contributed by atoms with Crippen molar-refractivity contribution in [3.8, 4) is 5.75 Å². The van der Waals surface area contributed by atoms with Gasteiger partial charge in [-0.05, 0) is 55.8 Å². The Morgan fingerprint density at radius 1 is 1.09 bits per heavy atom. The van der Waals surface area contributed by atoms with Crippen LogP contribution >= 0.6 is 0 Å². The molecule has 1 aliphatic heterocycles. The SMILES string of the molecule is CCOc1ccc(NC(=O)c2cnn3c2NC(c2ccc(C)cc2)=CC3c2ccccc2F)cc1. The van der Waals surface area contributed by atoms with Crippen LogP contribution in [0.25, 0.3) is 5.70 Å². The van der Waals surface area contributed by atoms with Gasteiger partial charge in [-0.2, -0.15) is 5.10 Å². The predicted octanol–water partition coefficient (Wildman–Crippen LogP) is 6.04. The lowest BCUT2D eigenvalue weighted by molar-refractivity contribution is 0.102. The zero-order chi connectivity index (χ0) is 24.4. The Balaban J connectivity index is 1.51. The molecular formula is C28H25FN4O2. The van der Waals surface area contributed by atoms with Crippen LogP contribution in [0.4, 0.5) is 15.9 Å². The fourth-order valence-corrected chi connectivity index (χ4v) is 4.10. The summed E-state index contributed by atoms with van der Waals surface area (Å²) in [4.78, 5) is 13.2. The number of nitrogens with zero attached hydrogens (tertiary/aromatic N) is 2. The van der Waals surface area contributed by atoms with Crippen LogP contribution in [0.5, 0.6) is 5.75 Å². The molecule has 1 aromatic heterocycles. The van der Waals surface area contributed by atoms with Crippen LogP contribution in [0.15, 0.2) is 85.1 Å². The topological polar surface area (TPSA) is 68.2 Å². The second kappa shape index (κ2) is 9.46. The van der Waals surface area contributed by atoms with E-state index in [0.717, 1.165) is 22.6 Å². The number of halogens is 1. The fraction of sp³-hybridized carbons (Fsp3) is 0.143. The van der Waals surface area contributed by atoms with Crippen LogP contribution in [0, 0.1) is 12.7 Å². The van der Waals surface area contributed by atoms with Crippen LogP contribution in [-0.2, 0) is 0 Å². The van der Waals surface area contributed by atoms with Crippen molar-refractivity contribution in [2.45, 2.75) is 19.9 Å². The first-order valence-electron chi connectivity index (χ1n) is 11.5. The first-order chi connectivity index (χ1) is 17.0. The Bertz CT molecular complexity index is 1390. The predicted molar refractivity (Wildman–Crippen MR) is 135 cm³/mol. The summed E-state index contributed by atoms with van der Waals surface area (Å²) in [5.74, 6) is 0.580. The van der Waals surface area contributed by atoms with E-state index in [1.165, 1.54) is 12.3 Å². The van der Waals surface area contributed by atoms with E-state index in [1.807, 2.05) is 44.2 Å². The van der Waals surface area contributed by atoms with Gasteiger partial charge in [-0.25, -0.2) is 9.07 Å². The molecule has 0 fully saturated rings. The molecule has 0 radical (unpaired) electrons. The number of allylic oxidation sites excluding steroid dienone is 1. The largest absolute Gasteiger partial charge is 0.494 e. The summed E-state index contributed by atoms with van der Waals surface area (Å²) in [7, 11) is 0. The number of amides is 1. The molecule has 1 aliphatic rings. The van der Waals surface area contributed by atoms with E-state index in [0.29, 0.717) is 29.2 Å². The molecule has 0 spiro atoms. The molecular weight excluding hydrogens is 443 g/mol. The molecule has 0 saturated carbocycles. The van der Waals surface area contributed by atoms with E-state index in [-0.39, 0.29) is 11.7 Å². The highest BCUT2D eigenvalue weighted by molar-refractivity contribution is 6.08. The molecule has 35 heavy (non-hydrogen) atoms. The van der Waals surface area contributed by atoms with Gasteiger partial charge >= 0.3 is 0 Å². The highest BCUT2D eigenvalue weighted by Gasteiger charge is 2.29. The van der Waals surface area contributed by atoms with Gasteiger partial charge in [0.05, 0.1) is 12.8 Å². The minimum atomic E-state index is -0.518. The summed E-state index contributed by atoms with van der Waals surface area (Å²) in [5.41, 5.74) is 4.31. The van der Waals surface area contributed by atoms with Crippen molar-refractivity contribution in [2.75, 3.05) is 17.2 Å². The molecule has 1 amide bonds. The number of benzene rings is 3. The van der Waals surface area contributed by atoms with Gasteiger partial charge in [0, 0.05) is 16.9 Å². The number of anilines is 2. The number of hydrogen-bond acceptors (Lipinski definition) is 4. The molecule has 4 aromatic rings. The number of rotatable bonds is 6. The molecule has 2 N–H and O–H groups in total. The minimum Gasteiger partial charge on any atom is -0.494 e. The quantitative estimate of drug-likeness (QED) is 0.362. The number of carbonyl (C=O) groups excluding carboxylic acids is 1. The van der Waals surface area contributed by atoms with Gasteiger partial charge in [0.15, 0.2) is 0 Å². The molecule has 7 heteroatoms. The molecule has 0 bridgehead atoms. The van der Waals surface area contributed by atoms with Crippen molar-refractivity contribution in [2.24, 2.45) is 0 Å². The standard InChI is InChI=1S/C28H25FN4O2/c1-3-35-21-14-12-20(13-15-21)31-28(34)23-17-30-33-26(22-6-4-5-7-24(22)29)16-25(32-27(23)33)19-10-8-18(2)9-11-19/h4-17,26,32H,3H2,1-2H3,(H,31,34). The van der Waals surface area contributed by atoms with Gasteiger partial charge in [-0.3, -0.25) is 4.79 Å². The molecule has 6 nitrogen and oxygen atoms in total. The normalized spacial score (nSPS) is 14.5. The fourth-order valence-electron chi connectivity index (χ4n) is 4.10. The van der Waals surface area contributed by atoms with E-state index in [9.17, 15) is 9.18 Å². The summed E-state index contributed by atoms with van der Waals surface area (Å²) in [5, 5.41) is 10.7. The van der Waals surface area contributed by atoms with Crippen LogP contribution in [0.2, 0.25) is 0 Å². The number of aryl methyl sites for hydroxylation is 1. The lowest BCUT2D eigenvalue weighted by Crippen LogP contribution is -2.22. The second-order valence-electron chi connectivity index (χ2n) is 8.30. The van der Waals surface area contributed by atoms with Gasteiger partial charge in [-0.15, -0.1) is 0 Å². The van der Waals surface area contributed by atoms with E-state index >= 15 is 0 Å². The van der Waals surface area contributed by atoms with Crippen molar-refractivity contribution in [1.82, 2.24) is 9.78 Å². The van der Waals surface area contributed by atoms with Gasteiger partial charge in [0.25, 0.3) is 5.91 Å². The number of nitrogens with one attached hydrogen (secondary N) is 2. The highest BCUT2D eigenvalue weighted by Crippen LogP contribution is 2.36. The van der Waals surface area contributed by atoms with Crippen molar-refractivity contribution < 1.29 is 13.9 Å². The zero-order valence-electron chi connectivity index (χ0n) is 19.5. The van der Waals surface area contributed by atoms with Crippen molar-refractivity contribution in [3.05, 3.63) is 113 Å². The van der Waals surface area contributed by atoms with Crippen LogP contribution in [0.3, 0.4) is 0 Å². The number of carbonyl (C=O) groups is 1. The number of hydrogen-bond donors (Lipinski definition) is 2. The molecule has 176 valence electrons. The van der Waals surface area contributed by atoms with Crippen molar-refractivity contribution in [1.29, 1.82) is 0 Å². The van der Waals surface area contributed by atoms with Crippen LogP contribution in [0.1, 0.15) is 40.0 Å². The lowest BCUT2D eigenvalue weighted by Gasteiger charge is -2.26. The minimum absolute atomic E-state index is 0.319. The van der Waals surface area contributed by atoms with Gasteiger partial charge < -0.3 is 15.4 Å². The molecule has 0 aliphatic carbocycles. The molecule has 1 unspecified atom stereocenters. The van der Waals surface area contributed by atoms with Crippen molar-refractivity contribution >= 4 is 23.1 Å². The van der Waals surface area contributed by atoms with Crippen molar-refractivity contribution in [3.63, 3.8) is 0 Å². The molecule has 2 heterocycles. The highest BCUT2D eigenvalue weighted by atomic mass is 19.1. The third kappa shape index (κ3) is 4.53. The summed E-state index contributed by atoms with van der Waals surface area (Å²) < 4.78 is 21.9. The third-order valence-corrected chi connectivity index (χ3v) is 5.89. The van der Waals surface area contributed by atoms with Crippen LogP contribution in [-0.4, -0.2) is 22.3 Å². The number of ether oxygens (including phenoxy) is 1. The number of aromatic nitrogens is 2. The van der Waals surface area contributed by atoms with E-state index < -0.39 is 6.04 Å². The summed E-state index contributed by atoms with van der Waals surface area (Å²) >= 11 is 0. The Kier molecular flexibility index (Phi) is 6.06. The summed E-state index contributed by atoms with van der Waals surface area (Å²) in [6.45, 7) is 4.51. The maximum Gasteiger partial charge on any atom is 0.261 e. The maximum atomic E-state index is 14.8. The monoisotopic (exact) mass is 468 g/mol. The zero-order valence-corrected chi connectivity index (χ0v) is 19.5. The second-order valence-corrected chi connectivity index (χ2v) is 8.30. The first kappa shape index (κ1) is 22.4. The molecule has 5 rings (SSSR count). The molecule has 1 atom stereocenters. The first-order valence-corrected chi connectivity index (χ1v) is 11.5. The Labute approximate surface area is 203 Å². The Morgan fingerprint density at radius 3 is 2.54 bits per heavy atom. The third-order valence-electron chi connectivity index (χ3n) is 5.89. The Morgan fingerprint density at radius 2 is 1.83 bits per heavy atom. The van der Waals surface area contributed by atoms with E-state index in [4.69, 9.17) is 4.74 Å². The summed E-state index contributed by atoms with van der Waals surface area (Å²) in [6, 6.07) is 21.3. The molecule has 0 saturated heterocycles. The smallest absolute Gasteiger partial charge is 0.261 e. The van der Waals surface area contributed by atoms with E-state index in [1.54, 1.807) is 47.1 Å². The average molecular weight is 469 g/mol. The Hall–Kier alpha value is -4.39. The number of fused-ring (bicyclic) bond motifs is 1. The maximum absolute atomic E-state index is 14.8.